The summed E-state index contributed by atoms with van der Waals surface area (Å²) in [5.41, 5.74) is 4.13. The molecular weight excluding hydrogens is 560 g/mol. The molecule has 2 aromatic heterocycles. The molecule has 2 atom stereocenters. The minimum absolute atomic E-state index is 0.129. The van der Waals surface area contributed by atoms with Gasteiger partial charge in [0.05, 0.1) is 45.0 Å². The summed E-state index contributed by atoms with van der Waals surface area (Å²) in [6.45, 7) is 5.92. The zero-order valence-corrected chi connectivity index (χ0v) is 25.3. The Morgan fingerprint density at radius 2 is 1.88 bits per heavy atom. The molecule has 1 aliphatic rings. The van der Waals surface area contributed by atoms with E-state index in [2.05, 4.69) is 20.9 Å². The molecule has 0 spiro atoms. The van der Waals surface area contributed by atoms with Crippen LogP contribution in [0.2, 0.25) is 5.02 Å². The zero-order chi connectivity index (χ0) is 30.0. The molecular formula is C31H35ClN4O6. The summed E-state index contributed by atoms with van der Waals surface area (Å²) in [6.07, 6.45) is 1.83. The highest BCUT2D eigenvalue weighted by molar-refractivity contribution is 6.30. The average Bonchev–Trinajstić information content (AvgIpc) is 3.59. The van der Waals surface area contributed by atoms with Crippen LogP contribution >= 0.6 is 11.6 Å². The number of rotatable bonds is 10. The SMILES string of the molecule is COC(=O)C(C)(C)OCc1nnn(CC[C@H]2O[C@H](c3cccc(OC)c3OC)c3cc(Cl)ccc3-n3cccc32)c1C. The molecule has 11 heteroatoms. The maximum absolute atomic E-state index is 12.0. The summed E-state index contributed by atoms with van der Waals surface area (Å²) in [5, 5.41) is 9.29. The molecule has 0 amide bonds. The topological polar surface area (TPSA) is 98.9 Å². The van der Waals surface area contributed by atoms with E-state index in [9.17, 15) is 4.79 Å². The number of esters is 1. The summed E-state index contributed by atoms with van der Waals surface area (Å²) in [7, 11) is 4.58. The molecule has 0 unspecified atom stereocenters. The number of aryl methyl sites for hydroxylation is 1. The maximum Gasteiger partial charge on any atom is 0.337 e. The van der Waals surface area contributed by atoms with Crippen LogP contribution in [0.1, 0.15) is 60.7 Å². The van der Waals surface area contributed by atoms with Crippen molar-refractivity contribution in [1.82, 2.24) is 19.6 Å². The van der Waals surface area contributed by atoms with E-state index in [-0.39, 0.29) is 12.7 Å². The lowest BCUT2D eigenvalue weighted by Gasteiger charge is -2.25. The van der Waals surface area contributed by atoms with Crippen LogP contribution in [-0.4, -0.2) is 52.5 Å². The molecule has 5 rings (SSSR count). The molecule has 42 heavy (non-hydrogen) atoms. The van der Waals surface area contributed by atoms with E-state index < -0.39 is 17.7 Å². The number of aromatic nitrogens is 4. The predicted octanol–water partition coefficient (Wildman–Crippen LogP) is 5.77. The Bertz CT molecular complexity index is 1580. The van der Waals surface area contributed by atoms with Crippen molar-refractivity contribution < 1.29 is 28.5 Å². The first-order chi connectivity index (χ1) is 20.2. The smallest absolute Gasteiger partial charge is 0.337 e. The minimum Gasteiger partial charge on any atom is -0.493 e. The first kappa shape index (κ1) is 29.6. The Kier molecular flexibility index (Phi) is 8.58. The third kappa shape index (κ3) is 5.62. The van der Waals surface area contributed by atoms with Crippen LogP contribution < -0.4 is 9.47 Å². The van der Waals surface area contributed by atoms with Crippen molar-refractivity contribution in [3.8, 4) is 17.2 Å². The summed E-state index contributed by atoms with van der Waals surface area (Å²) in [4.78, 5) is 12.0. The van der Waals surface area contributed by atoms with Crippen molar-refractivity contribution in [2.24, 2.45) is 0 Å². The fourth-order valence-electron chi connectivity index (χ4n) is 5.25. The third-order valence-electron chi connectivity index (χ3n) is 7.59. The van der Waals surface area contributed by atoms with Gasteiger partial charge in [-0.2, -0.15) is 0 Å². The molecule has 0 saturated carbocycles. The zero-order valence-electron chi connectivity index (χ0n) is 24.6. The van der Waals surface area contributed by atoms with Crippen molar-refractivity contribution in [3.05, 3.63) is 88.0 Å². The number of hydrogen-bond donors (Lipinski definition) is 0. The fraction of sp³-hybridized carbons (Fsp3) is 0.387. The molecule has 0 fully saturated rings. The van der Waals surface area contributed by atoms with Gasteiger partial charge in [0, 0.05) is 28.9 Å². The number of nitrogens with zero attached hydrogens (tertiary/aromatic N) is 4. The van der Waals surface area contributed by atoms with Crippen LogP contribution in [0.4, 0.5) is 0 Å². The van der Waals surface area contributed by atoms with Gasteiger partial charge in [0.25, 0.3) is 0 Å². The normalized spacial score (nSPS) is 16.4. The van der Waals surface area contributed by atoms with Crippen LogP contribution in [0.3, 0.4) is 0 Å². The Hall–Kier alpha value is -3.86. The number of carbonyl (C=O) groups excluding carboxylic acids is 1. The van der Waals surface area contributed by atoms with E-state index in [0.29, 0.717) is 35.2 Å². The molecule has 4 aromatic rings. The second-order valence-corrected chi connectivity index (χ2v) is 11.0. The van der Waals surface area contributed by atoms with Crippen LogP contribution in [0, 0.1) is 6.92 Å². The van der Waals surface area contributed by atoms with Crippen molar-refractivity contribution in [2.45, 2.75) is 58.2 Å². The van der Waals surface area contributed by atoms with Gasteiger partial charge < -0.3 is 28.3 Å². The Balaban J connectivity index is 1.45. The quantitative estimate of drug-likeness (QED) is 0.214. The summed E-state index contributed by atoms with van der Waals surface area (Å²) in [5.74, 6) is 0.768. The minimum atomic E-state index is -1.10. The maximum atomic E-state index is 12.0. The van der Waals surface area contributed by atoms with E-state index in [1.165, 1.54) is 7.11 Å². The number of carbonyl (C=O) groups is 1. The summed E-state index contributed by atoms with van der Waals surface area (Å²) < 4.78 is 33.0. The molecule has 2 aromatic carbocycles. The van der Waals surface area contributed by atoms with E-state index in [0.717, 1.165) is 28.2 Å². The van der Waals surface area contributed by atoms with Gasteiger partial charge in [-0.25, -0.2) is 9.48 Å². The third-order valence-corrected chi connectivity index (χ3v) is 7.82. The number of ether oxygens (including phenoxy) is 5. The molecule has 0 aliphatic carbocycles. The van der Waals surface area contributed by atoms with Gasteiger partial charge >= 0.3 is 5.97 Å². The van der Waals surface area contributed by atoms with E-state index in [4.69, 9.17) is 35.3 Å². The molecule has 0 radical (unpaired) electrons. The van der Waals surface area contributed by atoms with Gasteiger partial charge in [-0.15, -0.1) is 5.10 Å². The van der Waals surface area contributed by atoms with Gasteiger partial charge in [-0.05, 0) is 63.6 Å². The van der Waals surface area contributed by atoms with Gasteiger partial charge in [-0.1, -0.05) is 28.9 Å². The van der Waals surface area contributed by atoms with E-state index in [1.54, 1.807) is 28.1 Å². The van der Waals surface area contributed by atoms with Crippen LogP contribution in [0.5, 0.6) is 11.5 Å². The second-order valence-electron chi connectivity index (χ2n) is 10.5. The molecule has 0 N–H and O–H groups in total. The molecule has 1 aliphatic heterocycles. The van der Waals surface area contributed by atoms with Crippen molar-refractivity contribution >= 4 is 17.6 Å². The standard InChI is InChI=1S/C31H35ClN4O6/c1-19-23(18-41-31(2,3)30(37)40-6)33-34-36(19)16-14-26-25-10-8-15-35(25)24-13-12-20(32)17-22(24)28(42-26)21-9-7-11-27(38-4)29(21)39-5/h7-13,15,17,26,28H,14,16,18H2,1-6H3/t26-,28-/m1/s1. The highest BCUT2D eigenvalue weighted by atomic mass is 35.5. The van der Waals surface area contributed by atoms with Gasteiger partial charge in [0.2, 0.25) is 0 Å². The molecule has 222 valence electrons. The van der Waals surface area contributed by atoms with Gasteiger partial charge in [0.15, 0.2) is 17.1 Å². The predicted molar refractivity (Wildman–Crippen MR) is 156 cm³/mol. The highest BCUT2D eigenvalue weighted by Gasteiger charge is 2.33. The summed E-state index contributed by atoms with van der Waals surface area (Å²) in [6, 6.07) is 15.7. The number of fused-ring (bicyclic) bond motifs is 3. The number of benzene rings is 2. The van der Waals surface area contributed by atoms with E-state index in [1.807, 2.05) is 60.3 Å². The number of methoxy groups -OCH3 is 3. The molecule has 3 heterocycles. The summed E-state index contributed by atoms with van der Waals surface area (Å²) >= 11 is 6.52. The number of para-hydroxylation sites is 1. The lowest BCUT2D eigenvalue weighted by Crippen LogP contribution is -2.36. The van der Waals surface area contributed by atoms with Crippen LogP contribution in [-0.2, 0) is 32.2 Å². The van der Waals surface area contributed by atoms with Crippen molar-refractivity contribution in [1.29, 1.82) is 0 Å². The monoisotopic (exact) mass is 594 g/mol. The van der Waals surface area contributed by atoms with E-state index >= 15 is 0 Å². The fourth-order valence-corrected chi connectivity index (χ4v) is 5.43. The molecule has 10 nitrogen and oxygen atoms in total. The Morgan fingerprint density at radius 3 is 2.62 bits per heavy atom. The lowest BCUT2D eigenvalue weighted by molar-refractivity contribution is -0.166. The Labute approximate surface area is 250 Å². The first-order valence-electron chi connectivity index (χ1n) is 13.6. The number of hydrogen-bond acceptors (Lipinski definition) is 8. The molecule has 0 saturated heterocycles. The van der Waals surface area contributed by atoms with Gasteiger partial charge in [-0.3, -0.25) is 0 Å². The number of halogens is 1. The van der Waals surface area contributed by atoms with Crippen LogP contribution in [0.15, 0.2) is 54.7 Å². The largest absolute Gasteiger partial charge is 0.493 e. The first-order valence-corrected chi connectivity index (χ1v) is 14.0. The van der Waals surface area contributed by atoms with Crippen molar-refractivity contribution in [3.63, 3.8) is 0 Å². The van der Waals surface area contributed by atoms with Crippen LogP contribution in [0.25, 0.3) is 5.69 Å². The van der Waals surface area contributed by atoms with Crippen molar-refractivity contribution in [2.75, 3.05) is 21.3 Å². The second kappa shape index (κ2) is 12.2. The highest BCUT2D eigenvalue weighted by Crippen LogP contribution is 2.46. The Morgan fingerprint density at radius 1 is 1.07 bits per heavy atom. The average molecular weight is 595 g/mol. The lowest BCUT2D eigenvalue weighted by atomic mass is 9.98. The molecule has 0 bridgehead atoms. The van der Waals surface area contributed by atoms with Gasteiger partial charge in [0.1, 0.15) is 17.9 Å².